The summed E-state index contributed by atoms with van der Waals surface area (Å²) in [5.74, 6) is 0.125. The molecule has 1 aliphatic carbocycles. The highest BCUT2D eigenvalue weighted by Gasteiger charge is 2.31. The average molecular weight is 493 g/mol. The molecule has 3 atom stereocenters. The average Bonchev–Trinajstić information content (AvgIpc) is 2.82. The van der Waals surface area contributed by atoms with Crippen molar-refractivity contribution >= 4 is 5.97 Å². The molecule has 0 amide bonds. The highest BCUT2D eigenvalue weighted by Crippen LogP contribution is 2.39. The Morgan fingerprint density at radius 3 is 2.51 bits per heavy atom. The van der Waals surface area contributed by atoms with Crippen LogP contribution in [-0.2, 0) is 16.1 Å². The summed E-state index contributed by atoms with van der Waals surface area (Å²) in [5, 5.41) is 9.05. The number of alkyl halides is 3. The third-order valence-electron chi connectivity index (χ3n) is 6.27. The van der Waals surface area contributed by atoms with E-state index in [2.05, 4.69) is 25.2 Å². The van der Waals surface area contributed by atoms with Gasteiger partial charge in [-0.2, -0.15) is 0 Å². The molecule has 0 aliphatic heterocycles. The molecule has 7 heteroatoms. The third-order valence-corrected chi connectivity index (χ3v) is 6.27. The number of carboxylic acid groups (broad SMARTS) is 1. The number of aliphatic carboxylic acids is 1. The molecule has 0 saturated heterocycles. The van der Waals surface area contributed by atoms with Gasteiger partial charge in [0.1, 0.15) is 18.1 Å². The monoisotopic (exact) mass is 492 g/mol. The zero-order valence-electron chi connectivity index (χ0n) is 20.4. The summed E-state index contributed by atoms with van der Waals surface area (Å²) >= 11 is 0. The topological polar surface area (TPSA) is 55.8 Å². The number of unbranched alkanes of at least 4 members (excludes halogenated alkanes) is 1. The molecule has 1 aromatic rings. The lowest BCUT2D eigenvalue weighted by Crippen LogP contribution is -2.25. The van der Waals surface area contributed by atoms with E-state index in [9.17, 15) is 18.0 Å². The fraction of sp³-hybridized carbons (Fsp3) is 0.464. The van der Waals surface area contributed by atoms with E-state index in [1.807, 2.05) is 24.3 Å². The van der Waals surface area contributed by atoms with Gasteiger partial charge in [-0.05, 0) is 72.4 Å². The van der Waals surface area contributed by atoms with Crippen molar-refractivity contribution in [3.8, 4) is 5.75 Å². The zero-order chi connectivity index (χ0) is 25.8. The van der Waals surface area contributed by atoms with Crippen molar-refractivity contribution in [3.05, 3.63) is 78.1 Å². The van der Waals surface area contributed by atoms with Gasteiger partial charge in [-0.3, -0.25) is 0 Å². The minimum atomic E-state index is -4.72. The second kappa shape index (κ2) is 13.8. The summed E-state index contributed by atoms with van der Waals surface area (Å²) in [7, 11) is 0. The number of carbonyl (C=O) groups is 1. The lowest BCUT2D eigenvalue weighted by atomic mass is 9.70. The molecule has 1 aliphatic rings. The van der Waals surface area contributed by atoms with Crippen LogP contribution in [0.3, 0.4) is 0 Å². The third kappa shape index (κ3) is 10.0. The summed E-state index contributed by atoms with van der Waals surface area (Å²) in [6.45, 7) is 8.40. The normalized spacial score (nSPS) is 20.5. The van der Waals surface area contributed by atoms with E-state index >= 15 is 0 Å². The predicted octanol–water partition coefficient (Wildman–Crippen LogP) is 7.98. The minimum absolute atomic E-state index is 0.156. The van der Waals surface area contributed by atoms with Crippen LogP contribution >= 0.6 is 0 Å². The van der Waals surface area contributed by atoms with Gasteiger partial charge in [0.15, 0.2) is 0 Å². The Morgan fingerprint density at radius 2 is 1.91 bits per heavy atom. The van der Waals surface area contributed by atoms with Crippen LogP contribution in [0.15, 0.2) is 72.6 Å². The van der Waals surface area contributed by atoms with E-state index < -0.39 is 12.3 Å². The van der Waals surface area contributed by atoms with Gasteiger partial charge in [0.05, 0.1) is 0 Å². The largest absolute Gasteiger partial charge is 0.573 e. The zero-order valence-corrected chi connectivity index (χ0v) is 20.4. The van der Waals surface area contributed by atoms with Crippen molar-refractivity contribution in [2.45, 2.75) is 65.3 Å². The maximum Gasteiger partial charge on any atom is 0.573 e. The summed E-state index contributed by atoms with van der Waals surface area (Å²) in [5.41, 5.74) is 1.73. The molecule has 0 bridgehead atoms. The fourth-order valence-corrected chi connectivity index (χ4v) is 4.44. The Bertz CT molecular complexity index is 913. The molecule has 1 aromatic carbocycles. The first-order chi connectivity index (χ1) is 16.6. The van der Waals surface area contributed by atoms with Crippen LogP contribution in [0.5, 0.6) is 5.75 Å². The molecule has 0 radical (unpaired) electrons. The van der Waals surface area contributed by atoms with E-state index in [0.717, 1.165) is 49.7 Å². The standard InChI is InChI=1S/C28H35F3O4/c1-4-6-10-25(34-19-21-12-15-24(16-13-21)35-28(29,30)31)18-22(5-2)20(3)26-11-8-7-9-23(26)14-17-27(32)33/h5,10,12-18,20,23,26H,2,4,6-9,11,19H2,1,3H3,(H,32,33)/b17-14+,22-18+,25-10+. The first-order valence-corrected chi connectivity index (χ1v) is 12.1. The van der Waals surface area contributed by atoms with Gasteiger partial charge in [0, 0.05) is 6.08 Å². The highest BCUT2D eigenvalue weighted by molar-refractivity contribution is 5.79. The smallest absolute Gasteiger partial charge is 0.489 e. The SMILES string of the molecule is C=C/C(=C\C(=C/CCC)OCc1ccc(OC(F)(F)F)cc1)C(C)C1CCCCC1/C=C/C(=O)O. The first-order valence-electron chi connectivity index (χ1n) is 12.1. The maximum absolute atomic E-state index is 12.4. The van der Waals surface area contributed by atoms with Crippen LogP contribution in [0.25, 0.3) is 0 Å². The maximum atomic E-state index is 12.4. The van der Waals surface area contributed by atoms with E-state index in [1.54, 1.807) is 12.1 Å². The predicted molar refractivity (Wildman–Crippen MR) is 131 cm³/mol. The van der Waals surface area contributed by atoms with Crippen molar-refractivity contribution in [1.29, 1.82) is 0 Å². The van der Waals surface area contributed by atoms with Gasteiger partial charge in [-0.15, -0.1) is 13.2 Å². The van der Waals surface area contributed by atoms with Gasteiger partial charge in [-0.1, -0.05) is 64.0 Å². The van der Waals surface area contributed by atoms with Crippen molar-refractivity contribution in [1.82, 2.24) is 0 Å². The molecule has 1 N–H and O–H groups in total. The molecular formula is C28H35F3O4. The van der Waals surface area contributed by atoms with Crippen LogP contribution in [0.4, 0.5) is 13.2 Å². The lowest BCUT2D eigenvalue weighted by Gasteiger charge is -2.35. The van der Waals surface area contributed by atoms with Crippen molar-refractivity contribution in [3.63, 3.8) is 0 Å². The summed E-state index contributed by atoms with van der Waals surface area (Å²) in [6, 6.07) is 5.62. The van der Waals surface area contributed by atoms with E-state index in [1.165, 1.54) is 18.2 Å². The number of hydrogen-bond donors (Lipinski definition) is 1. The molecule has 2 rings (SSSR count). The Balaban J connectivity index is 2.15. The number of allylic oxidation sites excluding steroid dienone is 5. The van der Waals surface area contributed by atoms with Gasteiger partial charge in [0.2, 0.25) is 0 Å². The molecule has 4 nitrogen and oxygen atoms in total. The Morgan fingerprint density at radius 1 is 1.23 bits per heavy atom. The van der Waals surface area contributed by atoms with E-state index in [-0.39, 0.29) is 24.2 Å². The van der Waals surface area contributed by atoms with Gasteiger partial charge < -0.3 is 14.6 Å². The Labute approximate surface area is 205 Å². The molecule has 0 heterocycles. The van der Waals surface area contributed by atoms with Crippen LogP contribution in [-0.4, -0.2) is 17.4 Å². The molecule has 1 saturated carbocycles. The molecule has 192 valence electrons. The van der Waals surface area contributed by atoms with Crippen LogP contribution in [0, 0.1) is 17.8 Å². The van der Waals surface area contributed by atoms with Crippen molar-refractivity contribution in [2.24, 2.45) is 17.8 Å². The fourth-order valence-electron chi connectivity index (χ4n) is 4.44. The molecule has 0 aromatic heterocycles. The number of carboxylic acids is 1. The molecule has 3 unspecified atom stereocenters. The quantitative estimate of drug-likeness (QED) is 0.183. The Kier molecular flexibility index (Phi) is 11.2. The molecular weight excluding hydrogens is 457 g/mol. The summed E-state index contributed by atoms with van der Waals surface area (Å²) < 4.78 is 47.1. The summed E-state index contributed by atoms with van der Waals surface area (Å²) in [4.78, 5) is 11.0. The number of benzene rings is 1. The van der Waals surface area contributed by atoms with Crippen molar-refractivity contribution in [2.75, 3.05) is 0 Å². The van der Waals surface area contributed by atoms with E-state index in [0.29, 0.717) is 11.7 Å². The molecule has 1 fully saturated rings. The van der Waals surface area contributed by atoms with Crippen molar-refractivity contribution < 1.29 is 32.5 Å². The molecule has 0 spiro atoms. The Hall–Kier alpha value is -2.96. The number of ether oxygens (including phenoxy) is 2. The van der Waals surface area contributed by atoms with Crippen LogP contribution in [0.2, 0.25) is 0 Å². The number of halogens is 3. The van der Waals surface area contributed by atoms with Crippen LogP contribution < -0.4 is 4.74 Å². The molecule has 35 heavy (non-hydrogen) atoms. The first kappa shape index (κ1) is 28.3. The number of rotatable bonds is 12. The second-order valence-electron chi connectivity index (χ2n) is 8.82. The van der Waals surface area contributed by atoms with Gasteiger partial charge in [0.25, 0.3) is 0 Å². The lowest BCUT2D eigenvalue weighted by molar-refractivity contribution is -0.274. The second-order valence-corrected chi connectivity index (χ2v) is 8.82. The number of hydrogen-bond acceptors (Lipinski definition) is 3. The minimum Gasteiger partial charge on any atom is -0.489 e. The van der Waals surface area contributed by atoms with Gasteiger partial charge >= 0.3 is 12.3 Å². The van der Waals surface area contributed by atoms with Crippen LogP contribution in [0.1, 0.15) is 57.9 Å². The van der Waals surface area contributed by atoms with Gasteiger partial charge in [-0.25, -0.2) is 4.79 Å². The highest BCUT2D eigenvalue weighted by atomic mass is 19.4. The van der Waals surface area contributed by atoms with E-state index in [4.69, 9.17) is 9.84 Å². The summed E-state index contributed by atoms with van der Waals surface area (Å²) in [6.07, 6.45) is 10.1.